The normalized spacial score (nSPS) is 13.2. The first-order chi connectivity index (χ1) is 13.6. The predicted octanol–water partition coefficient (Wildman–Crippen LogP) is 4.67. The van der Waals surface area contributed by atoms with Crippen molar-refractivity contribution in [2.75, 3.05) is 6.54 Å². The number of carbonyl (C=O) groups excluding carboxylic acids is 1. The van der Waals surface area contributed by atoms with Crippen molar-refractivity contribution in [1.82, 2.24) is 20.1 Å². The maximum atomic E-state index is 12.5. The molecule has 2 heterocycles. The molecule has 0 radical (unpaired) electrons. The molecule has 0 saturated heterocycles. The van der Waals surface area contributed by atoms with E-state index in [-0.39, 0.29) is 5.91 Å². The first-order valence-corrected chi connectivity index (χ1v) is 10.5. The van der Waals surface area contributed by atoms with Crippen LogP contribution in [0.2, 0.25) is 5.02 Å². The molecular formula is C21H20BrClN4O. The fraction of sp³-hybridized carbons (Fsp3) is 0.286. The van der Waals surface area contributed by atoms with E-state index in [2.05, 4.69) is 26.2 Å². The number of amides is 1. The average molecular weight is 460 g/mol. The van der Waals surface area contributed by atoms with E-state index in [1.165, 1.54) is 24.1 Å². The number of halogens is 2. The fourth-order valence-electron chi connectivity index (χ4n) is 3.64. The van der Waals surface area contributed by atoms with Crippen LogP contribution in [0.4, 0.5) is 0 Å². The molecule has 1 aliphatic rings. The van der Waals surface area contributed by atoms with Crippen molar-refractivity contribution in [3.63, 3.8) is 0 Å². The van der Waals surface area contributed by atoms with Crippen LogP contribution in [0.1, 0.15) is 34.5 Å². The number of rotatable bonds is 5. The SMILES string of the molecule is O=C(NCCn1nc(-c2ccncc2)c2c1CCCC2)c1cc(Br)ccc1Cl. The summed E-state index contributed by atoms with van der Waals surface area (Å²) in [6.07, 6.45) is 8.03. The summed E-state index contributed by atoms with van der Waals surface area (Å²) in [7, 11) is 0. The molecule has 5 nitrogen and oxygen atoms in total. The molecule has 0 atom stereocenters. The number of nitrogens with one attached hydrogen (secondary N) is 1. The van der Waals surface area contributed by atoms with Crippen molar-refractivity contribution in [2.24, 2.45) is 0 Å². The monoisotopic (exact) mass is 458 g/mol. The Morgan fingerprint density at radius 3 is 2.79 bits per heavy atom. The van der Waals surface area contributed by atoms with Crippen LogP contribution in [0.5, 0.6) is 0 Å². The van der Waals surface area contributed by atoms with Gasteiger partial charge in [0.2, 0.25) is 0 Å². The highest BCUT2D eigenvalue weighted by Gasteiger charge is 2.21. The molecule has 1 N–H and O–H groups in total. The van der Waals surface area contributed by atoms with Crippen LogP contribution in [0.25, 0.3) is 11.3 Å². The van der Waals surface area contributed by atoms with Crippen molar-refractivity contribution in [2.45, 2.75) is 32.2 Å². The van der Waals surface area contributed by atoms with Crippen LogP contribution in [-0.2, 0) is 19.4 Å². The predicted molar refractivity (Wildman–Crippen MR) is 114 cm³/mol. The quantitative estimate of drug-likeness (QED) is 0.603. The topological polar surface area (TPSA) is 59.8 Å². The molecule has 28 heavy (non-hydrogen) atoms. The van der Waals surface area contributed by atoms with E-state index >= 15 is 0 Å². The van der Waals surface area contributed by atoms with Crippen molar-refractivity contribution in [1.29, 1.82) is 0 Å². The number of fused-ring (bicyclic) bond motifs is 1. The Morgan fingerprint density at radius 1 is 1.18 bits per heavy atom. The number of carbonyl (C=O) groups is 1. The Bertz CT molecular complexity index is 1000. The summed E-state index contributed by atoms with van der Waals surface area (Å²) in [5, 5.41) is 8.27. The Labute approximate surface area is 177 Å². The second kappa shape index (κ2) is 8.45. The lowest BCUT2D eigenvalue weighted by molar-refractivity contribution is 0.0952. The minimum atomic E-state index is -0.179. The number of benzene rings is 1. The number of nitrogens with zero attached hydrogens (tertiary/aromatic N) is 3. The summed E-state index contributed by atoms with van der Waals surface area (Å²) in [6, 6.07) is 9.26. The second-order valence-electron chi connectivity index (χ2n) is 6.82. The van der Waals surface area contributed by atoms with Crippen molar-refractivity contribution >= 4 is 33.4 Å². The second-order valence-corrected chi connectivity index (χ2v) is 8.14. The van der Waals surface area contributed by atoms with Gasteiger partial charge >= 0.3 is 0 Å². The molecule has 0 spiro atoms. The smallest absolute Gasteiger partial charge is 0.252 e. The largest absolute Gasteiger partial charge is 0.350 e. The minimum Gasteiger partial charge on any atom is -0.350 e. The lowest BCUT2D eigenvalue weighted by Crippen LogP contribution is -2.28. The molecule has 7 heteroatoms. The lowest BCUT2D eigenvalue weighted by Gasteiger charge is -2.14. The molecular weight excluding hydrogens is 440 g/mol. The van der Waals surface area contributed by atoms with Gasteiger partial charge in [-0.3, -0.25) is 14.5 Å². The van der Waals surface area contributed by atoms with Crippen molar-refractivity contribution in [3.05, 3.63) is 69.0 Å². The fourth-order valence-corrected chi connectivity index (χ4v) is 4.20. The average Bonchev–Trinajstić information content (AvgIpc) is 3.09. The summed E-state index contributed by atoms with van der Waals surface area (Å²) in [5.41, 5.74) is 5.22. The van der Waals surface area contributed by atoms with Crippen LogP contribution in [0, 0.1) is 0 Å². The van der Waals surface area contributed by atoms with E-state index in [1.807, 2.05) is 22.9 Å². The van der Waals surface area contributed by atoms with E-state index in [1.54, 1.807) is 24.5 Å². The lowest BCUT2D eigenvalue weighted by atomic mass is 9.94. The molecule has 2 aromatic heterocycles. The third kappa shape index (κ3) is 3.98. The van der Waals surface area contributed by atoms with Gasteiger partial charge in [0, 0.05) is 40.2 Å². The molecule has 1 aliphatic carbocycles. The third-order valence-corrected chi connectivity index (χ3v) is 5.82. The van der Waals surface area contributed by atoms with Gasteiger partial charge in [-0.25, -0.2) is 0 Å². The highest BCUT2D eigenvalue weighted by atomic mass is 79.9. The van der Waals surface area contributed by atoms with E-state index in [4.69, 9.17) is 16.7 Å². The van der Waals surface area contributed by atoms with Gasteiger partial charge < -0.3 is 5.32 Å². The summed E-state index contributed by atoms with van der Waals surface area (Å²) in [6.45, 7) is 1.12. The molecule has 4 rings (SSSR count). The van der Waals surface area contributed by atoms with Gasteiger partial charge in [-0.05, 0) is 56.0 Å². The first-order valence-electron chi connectivity index (χ1n) is 9.35. The highest BCUT2D eigenvalue weighted by molar-refractivity contribution is 9.10. The summed E-state index contributed by atoms with van der Waals surface area (Å²) in [5.74, 6) is -0.179. The first kappa shape index (κ1) is 19.2. The summed E-state index contributed by atoms with van der Waals surface area (Å²) < 4.78 is 2.87. The highest BCUT2D eigenvalue weighted by Crippen LogP contribution is 2.31. The molecule has 0 aliphatic heterocycles. The molecule has 0 fully saturated rings. The third-order valence-electron chi connectivity index (χ3n) is 4.99. The maximum Gasteiger partial charge on any atom is 0.252 e. The molecule has 3 aromatic rings. The van der Waals surface area contributed by atoms with Gasteiger partial charge in [0.25, 0.3) is 5.91 Å². The number of aromatic nitrogens is 3. The molecule has 0 bridgehead atoms. The van der Waals surface area contributed by atoms with Crippen LogP contribution in [0.15, 0.2) is 47.2 Å². The van der Waals surface area contributed by atoms with Gasteiger partial charge in [-0.1, -0.05) is 27.5 Å². The van der Waals surface area contributed by atoms with Gasteiger partial charge in [0.05, 0.1) is 22.8 Å². The Hall–Kier alpha value is -2.18. The zero-order valence-electron chi connectivity index (χ0n) is 15.3. The molecule has 0 unspecified atom stereocenters. The summed E-state index contributed by atoms with van der Waals surface area (Å²) >= 11 is 9.53. The molecule has 1 aromatic carbocycles. The number of pyridine rings is 1. The van der Waals surface area contributed by atoms with Crippen LogP contribution in [0.3, 0.4) is 0 Å². The van der Waals surface area contributed by atoms with Crippen LogP contribution < -0.4 is 5.32 Å². The van der Waals surface area contributed by atoms with E-state index in [0.717, 1.165) is 28.6 Å². The van der Waals surface area contributed by atoms with Crippen LogP contribution >= 0.6 is 27.5 Å². The zero-order chi connectivity index (χ0) is 19.5. The molecule has 144 valence electrons. The van der Waals surface area contributed by atoms with Gasteiger partial charge in [-0.15, -0.1) is 0 Å². The standard InChI is InChI=1S/C21H20BrClN4O/c22-15-5-6-18(23)17(13-15)21(28)25-11-12-27-19-4-2-1-3-16(19)20(26-27)14-7-9-24-10-8-14/h5-10,13H,1-4,11-12H2,(H,25,28). The number of hydrogen-bond donors (Lipinski definition) is 1. The van der Waals surface area contributed by atoms with E-state index in [0.29, 0.717) is 23.7 Å². The van der Waals surface area contributed by atoms with Gasteiger partial charge in [0.1, 0.15) is 0 Å². The van der Waals surface area contributed by atoms with Crippen LogP contribution in [-0.4, -0.2) is 27.2 Å². The number of hydrogen-bond acceptors (Lipinski definition) is 3. The maximum absolute atomic E-state index is 12.5. The Morgan fingerprint density at radius 2 is 1.96 bits per heavy atom. The van der Waals surface area contributed by atoms with Crippen molar-refractivity contribution < 1.29 is 4.79 Å². The summed E-state index contributed by atoms with van der Waals surface area (Å²) in [4.78, 5) is 16.6. The van der Waals surface area contributed by atoms with Gasteiger partial charge in [-0.2, -0.15) is 5.10 Å². The van der Waals surface area contributed by atoms with Gasteiger partial charge in [0.15, 0.2) is 0 Å². The van der Waals surface area contributed by atoms with E-state index in [9.17, 15) is 4.79 Å². The Balaban J connectivity index is 1.50. The van der Waals surface area contributed by atoms with Crippen molar-refractivity contribution in [3.8, 4) is 11.3 Å². The zero-order valence-corrected chi connectivity index (χ0v) is 17.6. The van der Waals surface area contributed by atoms with E-state index < -0.39 is 0 Å². The molecule has 0 saturated carbocycles. The minimum absolute atomic E-state index is 0.179. The Kier molecular flexibility index (Phi) is 5.78. The molecule has 1 amide bonds.